The van der Waals surface area contributed by atoms with Gasteiger partial charge >= 0.3 is 0 Å². The molecule has 4 rings (SSSR count). The van der Waals surface area contributed by atoms with Gasteiger partial charge in [-0.15, -0.1) is 0 Å². The van der Waals surface area contributed by atoms with Gasteiger partial charge in [-0.25, -0.2) is 8.42 Å². The Bertz CT molecular complexity index is 1170. The van der Waals surface area contributed by atoms with E-state index in [2.05, 4.69) is 11.8 Å². The number of nitrogens with zero attached hydrogens (tertiary/aromatic N) is 3. The summed E-state index contributed by atoms with van der Waals surface area (Å²) in [7, 11) is -0.704. The average molecular weight is 522 g/mol. The zero-order valence-electron chi connectivity index (χ0n) is 20.4. The summed E-state index contributed by atoms with van der Waals surface area (Å²) in [5.41, 5.74) is 2.27. The molecule has 0 spiro atoms. The number of carbonyl (C=O) groups is 1. The van der Waals surface area contributed by atoms with Crippen LogP contribution in [-0.4, -0.2) is 77.0 Å². The Morgan fingerprint density at radius 1 is 0.914 bits per heavy atom. The third kappa shape index (κ3) is 5.37. The van der Waals surface area contributed by atoms with E-state index in [-0.39, 0.29) is 16.7 Å². The van der Waals surface area contributed by atoms with Crippen molar-refractivity contribution in [3.8, 4) is 11.5 Å². The number of aryl methyl sites for hydroxylation is 1. The molecule has 8 nitrogen and oxygen atoms in total. The molecule has 2 aliphatic rings. The molecule has 2 fully saturated rings. The molecule has 1 amide bonds. The second-order valence-electron chi connectivity index (χ2n) is 8.94. The Labute approximate surface area is 212 Å². The van der Waals surface area contributed by atoms with Crippen LogP contribution < -0.4 is 14.4 Å². The van der Waals surface area contributed by atoms with Crippen molar-refractivity contribution in [1.82, 2.24) is 9.21 Å². The monoisotopic (exact) mass is 521 g/mol. The van der Waals surface area contributed by atoms with Gasteiger partial charge in [0.1, 0.15) is 0 Å². The maximum atomic E-state index is 13.2. The minimum atomic E-state index is -3.68. The summed E-state index contributed by atoms with van der Waals surface area (Å²) < 4.78 is 38.3. The molecule has 0 aromatic heterocycles. The van der Waals surface area contributed by atoms with E-state index in [1.54, 1.807) is 6.07 Å². The summed E-state index contributed by atoms with van der Waals surface area (Å²) in [6, 6.07) is 10.5. The van der Waals surface area contributed by atoms with Crippen LogP contribution in [0.5, 0.6) is 11.5 Å². The number of ether oxygens (including phenoxy) is 2. The maximum absolute atomic E-state index is 13.2. The van der Waals surface area contributed by atoms with E-state index in [4.69, 9.17) is 21.1 Å². The van der Waals surface area contributed by atoms with E-state index in [9.17, 15) is 13.2 Å². The van der Waals surface area contributed by atoms with Crippen molar-refractivity contribution in [2.45, 2.75) is 24.7 Å². The number of benzene rings is 2. The molecular weight excluding hydrogens is 490 g/mol. The van der Waals surface area contributed by atoms with Gasteiger partial charge in [0.05, 0.1) is 19.1 Å². The molecule has 2 aromatic rings. The lowest BCUT2D eigenvalue weighted by Gasteiger charge is -2.39. The van der Waals surface area contributed by atoms with Crippen LogP contribution >= 0.6 is 11.6 Å². The third-order valence-electron chi connectivity index (χ3n) is 6.90. The maximum Gasteiger partial charge on any atom is 0.243 e. The summed E-state index contributed by atoms with van der Waals surface area (Å²) in [4.78, 5) is 17.5. The summed E-state index contributed by atoms with van der Waals surface area (Å²) in [5.74, 6) is 0.800. The number of anilines is 1. The van der Waals surface area contributed by atoms with E-state index in [1.807, 2.05) is 23.1 Å². The highest BCUT2D eigenvalue weighted by Gasteiger charge is 2.35. The van der Waals surface area contributed by atoms with Gasteiger partial charge in [-0.3, -0.25) is 4.79 Å². The van der Waals surface area contributed by atoms with Crippen LogP contribution in [0.4, 0.5) is 5.69 Å². The highest BCUT2D eigenvalue weighted by atomic mass is 35.5. The van der Waals surface area contributed by atoms with Crippen LogP contribution in [0.1, 0.15) is 18.4 Å². The predicted octanol–water partition coefficient (Wildman–Crippen LogP) is 3.42. The van der Waals surface area contributed by atoms with Gasteiger partial charge in [-0.05, 0) is 49.6 Å². The zero-order chi connectivity index (χ0) is 25.2. The smallest absolute Gasteiger partial charge is 0.243 e. The van der Waals surface area contributed by atoms with Gasteiger partial charge in [0.15, 0.2) is 11.5 Å². The fourth-order valence-electron chi connectivity index (χ4n) is 4.82. The number of hydrogen-bond acceptors (Lipinski definition) is 6. The lowest BCUT2D eigenvalue weighted by molar-refractivity contribution is -0.137. The summed E-state index contributed by atoms with van der Waals surface area (Å²) in [6.45, 7) is 5.49. The first-order valence-corrected chi connectivity index (χ1v) is 13.6. The number of rotatable bonds is 6. The molecule has 10 heteroatoms. The summed E-state index contributed by atoms with van der Waals surface area (Å²) in [6.07, 6.45) is 1.03. The number of amides is 1. The topological polar surface area (TPSA) is 79.4 Å². The van der Waals surface area contributed by atoms with Crippen molar-refractivity contribution < 1.29 is 22.7 Å². The minimum Gasteiger partial charge on any atom is -0.493 e. The number of carbonyl (C=O) groups excluding carboxylic acids is 1. The minimum absolute atomic E-state index is 0.121. The van der Waals surface area contributed by atoms with Crippen LogP contribution in [0, 0.1) is 12.8 Å². The molecule has 190 valence electrons. The first-order chi connectivity index (χ1) is 16.7. The van der Waals surface area contributed by atoms with Crippen LogP contribution in [0.3, 0.4) is 0 Å². The molecule has 0 bridgehead atoms. The Kier molecular flexibility index (Phi) is 7.78. The van der Waals surface area contributed by atoms with Crippen LogP contribution in [0.15, 0.2) is 41.3 Å². The van der Waals surface area contributed by atoms with Crippen molar-refractivity contribution in [2.24, 2.45) is 5.92 Å². The van der Waals surface area contributed by atoms with Crippen molar-refractivity contribution in [3.05, 3.63) is 47.0 Å². The molecule has 2 aromatic carbocycles. The molecule has 35 heavy (non-hydrogen) atoms. The van der Waals surface area contributed by atoms with Gasteiger partial charge in [0.2, 0.25) is 15.9 Å². The normalized spacial score (nSPS) is 17.9. The zero-order valence-corrected chi connectivity index (χ0v) is 21.9. The Hall–Kier alpha value is -2.49. The second kappa shape index (κ2) is 10.6. The molecule has 2 heterocycles. The standard InChI is InChI=1S/C25H32ClN3O5S/c1-18-4-5-20(26)16-22(18)27-12-14-28(15-13-27)25(30)19-8-10-29(11-9-19)35(31,32)21-6-7-23(33-2)24(17-21)34-3/h4-7,16-17,19H,8-15H2,1-3H3. The van der Waals surface area contributed by atoms with Crippen LogP contribution in [0.2, 0.25) is 5.02 Å². The molecular formula is C25H32ClN3O5S. The Balaban J connectivity index is 1.34. The number of methoxy groups -OCH3 is 2. The molecule has 0 atom stereocenters. The third-order valence-corrected chi connectivity index (χ3v) is 9.03. The van der Waals surface area contributed by atoms with Gasteiger partial charge in [-0.2, -0.15) is 4.31 Å². The lowest BCUT2D eigenvalue weighted by atomic mass is 9.96. The molecule has 2 saturated heterocycles. The molecule has 0 N–H and O–H groups in total. The molecule has 0 saturated carbocycles. The van der Waals surface area contributed by atoms with Gasteiger partial charge < -0.3 is 19.3 Å². The number of hydrogen-bond donors (Lipinski definition) is 0. The molecule has 0 aliphatic carbocycles. The van der Waals surface area contributed by atoms with Crippen molar-refractivity contribution in [3.63, 3.8) is 0 Å². The SMILES string of the molecule is COc1ccc(S(=O)(=O)N2CCC(C(=O)N3CCN(c4cc(Cl)ccc4C)CC3)CC2)cc1OC. The largest absolute Gasteiger partial charge is 0.493 e. The van der Waals surface area contributed by atoms with E-state index in [0.717, 1.165) is 24.3 Å². The number of piperazine rings is 1. The fraction of sp³-hybridized carbons (Fsp3) is 0.480. The van der Waals surface area contributed by atoms with Crippen molar-refractivity contribution in [2.75, 3.05) is 58.4 Å². The molecule has 0 unspecified atom stereocenters. The van der Waals surface area contributed by atoms with E-state index in [0.29, 0.717) is 55.5 Å². The highest BCUT2D eigenvalue weighted by molar-refractivity contribution is 7.89. The van der Waals surface area contributed by atoms with E-state index < -0.39 is 10.0 Å². The highest BCUT2D eigenvalue weighted by Crippen LogP contribution is 2.32. The Morgan fingerprint density at radius 2 is 1.57 bits per heavy atom. The first-order valence-electron chi connectivity index (χ1n) is 11.8. The van der Waals surface area contributed by atoms with Crippen molar-refractivity contribution in [1.29, 1.82) is 0 Å². The predicted molar refractivity (Wildman–Crippen MR) is 136 cm³/mol. The summed E-state index contributed by atoms with van der Waals surface area (Å²) >= 11 is 6.18. The molecule has 2 aliphatic heterocycles. The van der Waals surface area contributed by atoms with E-state index >= 15 is 0 Å². The van der Waals surface area contributed by atoms with E-state index in [1.165, 1.54) is 30.7 Å². The van der Waals surface area contributed by atoms with Gasteiger partial charge in [-0.1, -0.05) is 17.7 Å². The molecule has 0 radical (unpaired) electrons. The summed E-state index contributed by atoms with van der Waals surface area (Å²) in [5, 5.41) is 0.707. The average Bonchev–Trinajstić information content (AvgIpc) is 2.89. The second-order valence-corrected chi connectivity index (χ2v) is 11.3. The quantitative estimate of drug-likeness (QED) is 0.579. The van der Waals surface area contributed by atoms with Gasteiger partial charge in [0.25, 0.3) is 0 Å². The van der Waals surface area contributed by atoms with Crippen LogP contribution in [0.25, 0.3) is 0 Å². The number of sulfonamides is 1. The fourth-order valence-corrected chi connectivity index (χ4v) is 6.47. The van der Waals surface area contributed by atoms with Gasteiger partial charge in [0, 0.05) is 62.0 Å². The number of piperidine rings is 1. The van der Waals surface area contributed by atoms with Crippen LogP contribution in [-0.2, 0) is 14.8 Å². The van der Waals surface area contributed by atoms with Crippen molar-refractivity contribution >= 4 is 33.2 Å². The number of halogens is 1. The lowest BCUT2D eigenvalue weighted by Crippen LogP contribution is -2.52. The Morgan fingerprint density at radius 3 is 2.20 bits per heavy atom. The first kappa shape index (κ1) is 25.6.